The van der Waals surface area contributed by atoms with Crippen molar-refractivity contribution >= 4 is 17.5 Å². The summed E-state index contributed by atoms with van der Waals surface area (Å²) in [5.74, 6) is 0.796. The van der Waals surface area contributed by atoms with Crippen LogP contribution in [0.3, 0.4) is 0 Å². The fourth-order valence-electron chi connectivity index (χ4n) is 2.04. The molecule has 5 heteroatoms. The lowest BCUT2D eigenvalue weighted by Gasteiger charge is -2.21. The van der Waals surface area contributed by atoms with Crippen LogP contribution in [-0.4, -0.2) is 23.0 Å². The third kappa shape index (κ3) is 2.77. The second-order valence-corrected chi connectivity index (χ2v) is 4.48. The predicted molar refractivity (Wildman–Crippen MR) is 77.3 cm³/mol. The molecular weight excluding hydrogens is 254 g/mol. The molecule has 5 nitrogen and oxygen atoms in total. The Labute approximate surface area is 118 Å². The molecule has 1 aromatic carbocycles. The zero-order valence-electron chi connectivity index (χ0n) is 12.0. The van der Waals surface area contributed by atoms with Gasteiger partial charge in [0.25, 0.3) is 0 Å². The summed E-state index contributed by atoms with van der Waals surface area (Å²) in [7, 11) is 1.57. The van der Waals surface area contributed by atoms with Gasteiger partial charge in [-0.1, -0.05) is 12.1 Å². The molecule has 0 spiro atoms. The average Bonchev–Trinajstić information content (AvgIpc) is 2.38. The fraction of sp³-hybridized carbons (Fsp3) is 0.267. The van der Waals surface area contributed by atoms with Gasteiger partial charge in [0.05, 0.1) is 12.8 Å². The van der Waals surface area contributed by atoms with E-state index in [0.29, 0.717) is 17.4 Å². The normalized spacial score (nSPS) is 10.2. The summed E-state index contributed by atoms with van der Waals surface area (Å²) < 4.78 is 5.31. The zero-order chi connectivity index (χ0) is 14.7. The first-order valence-electron chi connectivity index (χ1n) is 6.29. The van der Waals surface area contributed by atoms with Gasteiger partial charge in [-0.2, -0.15) is 0 Å². The Hall–Kier alpha value is -2.43. The maximum absolute atomic E-state index is 12.0. The number of ether oxygens (including phenoxy) is 1. The molecule has 0 fully saturated rings. The van der Waals surface area contributed by atoms with Gasteiger partial charge in [-0.3, -0.25) is 4.79 Å². The van der Waals surface area contributed by atoms with Crippen LogP contribution < -0.4 is 9.64 Å². The quantitative estimate of drug-likeness (QED) is 0.861. The van der Waals surface area contributed by atoms with Crippen molar-refractivity contribution < 1.29 is 9.53 Å². The van der Waals surface area contributed by atoms with Crippen LogP contribution in [0.2, 0.25) is 0 Å². The lowest BCUT2D eigenvalue weighted by molar-refractivity contribution is -0.115. The summed E-state index contributed by atoms with van der Waals surface area (Å²) in [6.45, 7) is 5.23. The molecule has 0 bridgehead atoms. The second kappa shape index (κ2) is 5.69. The largest absolute Gasteiger partial charge is 0.495 e. The lowest BCUT2D eigenvalue weighted by Crippen LogP contribution is -2.25. The van der Waals surface area contributed by atoms with Gasteiger partial charge in [0.1, 0.15) is 5.75 Å². The number of rotatable bonds is 3. The highest BCUT2D eigenvalue weighted by Gasteiger charge is 2.20. The number of aryl methyl sites for hydroxylation is 2. The van der Waals surface area contributed by atoms with E-state index in [0.717, 1.165) is 11.4 Å². The molecule has 0 atom stereocenters. The molecule has 2 aromatic rings. The number of hydrogen-bond donors (Lipinski definition) is 0. The SMILES string of the molecule is COc1ccccc1N(C(C)=O)c1nc(C)cc(C)n1. The molecule has 1 amide bonds. The highest BCUT2D eigenvalue weighted by atomic mass is 16.5. The van der Waals surface area contributed by atoms with Crippen LogP contribution in [0, 0.1) is 13.8 Å². The van der Waals surface area contributed by atoms with Crippen LogP contribution >= 0.6 is 0 Å². The highest BCUT2D eigenvalue weighted by Crippen LogP contribution is 2.32. The van der Waals surface area contributed by atoms with E-state index >= 15 is 0 Å². The number of amides is 1. The number of hydrogen-bond acceptors (Lipinski definition) is 4. The molecule has 2 rings (SSSR count). The number of nitrogens with zero attached hydrogens (tertiary/aromatic N) is 3. The third-order valence-electron chi connectivity index (χ3n) is 2.81. The Balaban J connectivity index is 2.59. The molecule has 0 radical (unpaired) electrons. The standard InChI is InChI=1S/C15H17N3O2/c1-10-9-11(2)17-15(16-10)18(12(3)19)13-7-5-6-8-14(13)20-4/h5-9H,1-4H3. The second-order valence-electron chi connectivity index (χ2n) is 4.48. The topological polar surface area (TPSA) is 55.3 Å². The summed E-state index contributed by atoms with van der Waals surface area (Å²) in [6, 6.07) is 9.17. The summed E-state index contributed by atoms with van der Waals surface area (Å²) in [5, 5.41) is 0. The van der Waals surface area contributed by atoms with E-state index in [1.807, 2.05) is 32.0 Å². The van der Waals surface area contributed by atoms with Crippen molar-refractivity contribution in [1.29, 1.82) is 0 Å². The Kier molecular flexibility index (Phi) is 3.98. The van der Waals surface area contributed by atoms with Gasteiger partial charge in [0.2, 0.25) is 11.9 Å². The number of aromatic nitrogens is 2. The van der Waals surface area contributed by atoms with Crippen LogP contribution in [0.4, 0.5) is 11.6 Å². The number of methoxy groups -OCH3 is 1. The summed E-state index contributed by atoms with van der Waals surface area (Å²) >= 11 is 0. The van der Waals surface area contributed by atoms with Crippen LogP contribution in [0.1, 0.15) is 18.3 Å². The molecule has 0 N–H and O–H groups in total. The Morgan fingerprint density at radius 2 is 1.75 bits per heavy atom. The first-order valence-corrected chi connectivity index (χ1v) is 6.29. The van der Waals surface area contributed by atoms with E-state index in [1.54, 1.807) is 19.2 Å². The van der Waals surface area contributed by atoms with Crippen LogP contribution in [0.5, 0.6) is 5.75 Å². The molecule has 0 saturated carbocycles. The average molecular weight is 271 g/mol. The smallest absolute Gasteiger partial charge is 0.237 e. The van der Waals surface area contributed by atoms with Crippen molar-refractivity contribution in [1.82, 2.24) is 9.97 Å². The molecule has 0 aliphatic rings. The van der Waals surface area contributed by atoms with E-state index in [2.05, 4.69) is 9.97 Å². The van der Waals surface area contributed by atoms with E-state index in [4.69, 9.17) is 4.74 Å². The molecule has 104 valence electrons. The van der Waals surface area contributed by atoms with Gasteiger partial charge >= 0.3 is 0 Å². The minimum absolute atomic E-state index is 0.167. The summed E-state index contributed by atoms with van der Waals surface area (Å²) in [4.78, 5) is 22.2. The van der Waals surface area contributed by atoms with Crippen molar-refractivity contribution in [3.8, 4) is 5.75 Å². The molecule has 20 heavy (non-hydrogen) atoms. The molecule has 1 heterocycles. The van der Waals surface area contributed by atoms with E-state index < -0.39 is 0 Å². The Bertz CT molecular complexity index is 621. The van der Waals surface area contributed by atoms with Crippen LogP contribution in [-0.2, 0) is 4.79 Å². The predicted octanol–water partition coefficient (Wildman–Crippen LogP) is 2.79. The van der Waals surface area contributed by atoms with Crippen molar-refractivity contribution in [2.45, 2.75) is 20.8 Å². The first kappa shape index (κ1) is 14.0. The molecular formula is C15H17N3O2. The molecule has 0 unspecified atom stereocenters. The monoisotopic (exact) mass is 271 g/mol. The molecule has 0 saturated heterocycles. The van der Waals surface area contributed by atoms with Crippen LogP contribution in [0.15, 0.2) is 30.3 Å². The minimum atomic E-state index is -0.167. The van der Waals surface area contributed by atoms with Gasteiger partial charge in [-0.15, -0.1) is 0 Å². The van der Waals surface area contributed by atoms with E-state index in [9.17, 15) is 4.79 Å². The van der Waals surface area contributed by atoms with Gasteiger partial charge in [0.15, 0.2) is 0 Å². The minimum Gasteiger partial charge on any atom is -0.495 e. The first-order chi connectivity index (χ1) is 9.52. The van der Waals surface area contributed by atoms with Crippen LogP contribution in [0.25, 0.3) is 0 Å². The Morgan fingerprint density at radius 3 is 2.30 bits per heavy atom. The van der Waals surface area contributed by atoms with Crippen molar-refractivity contribution in [2.75, 3.05) is 12.0 Å². The van der Waals surface area contributed by atoms with Crippen molar-refractivity contribution in [2.24, 2.45) is 0 Å². The summed E-state index contributed by atoms with van der Waals surface area (Å²) in [6.07, 6.45) is 0. The van der Waals surface area contributed by atoms with Crippen molar-refractivity contribution in [3.05, 3.63) is 41.7 Å². The number of benzene rings is 1. The van der Waals surface area contributed by atoms with Gasteiger partial charge in [-0.25, -0.2) is 14.9 Å². The van der Waals surface area contributed by atoms with Gasteiger partial charge < -0.3 is 4.74 Å². The fourth-order valence-corrected chi connectivity index (χ4v) is 2.04. The Morgan fingerprint density at radius 1 is 1.15 bits per heavy atom. The third-order valence-corrected chi connectivity index (χ3v) is 2.81. The van der Waals surface area contributed by atoms with Gasteiger partial charge in [0, 0.05) is 18.3 Å². The number of carbonyl (C=O) groups excluding carboxylic acids is 1. The molecule has 0 aliphatic carbocycles. The number of anilines is 2. The highest BCUT2D eigenvalue weighted by molar-refractivity contribution is 5.98. The number of carbonyl (C=O) groups is 1. The maximum Gasteiger partial charge on any atom is 0.237 e. The van der Waals surface area contributed by atoms with Gasteiger partial charge in [-0.05, 0) is 32.0 Å². The summed E-state index contributed by atoms with van der Waals surface area (Å²) in [5.41, 5.74) is 2.26. The lowest BCUT2D eigenvalue weighted by atomic mass is 10.2. The molecule has 0 aliphatic heterocycles. The zero-order valence-corrected chi connectivity index (χ0v) is 12.0. The van der Waals surface area contributed by atoms with E-state index in [-0.39, 0.29) is 5.91 Å². The van der Waals surface area contributed by atoms with Crippen molar-refractivity contribution in [3.63, 3.8) is 0 Å². The maximum atomic E-state index is 12.0. The molecule has 1 aromatic heterocycles. The number of para-hydroxylation sites is 2. The van der Waals surface area contributed by atoms with E-state index in [1.165, 1.54) is 11.8 Å².